The van der Waals surface area contributed by atoms with Gasteiger partial charge in [-0.05, 0) is 24.6 Å². The van der Waals surface area contributed by atoms with Crippen LogP contribution in [0.1, 0.15) is 20.8 Å². The molecule has 0 heterocycles. The molecule has 0 fully saturated rings. The van der Waals surface area contributed by atoms with Gasteiger partial charge in [-0.15, -0.1) is 0 Å². The van der Waals surface area contributed by atoms with Crippen LogP contribution in [0.25, 0.3) is 0 Å². The van der Waals surface area contributed by atoms with Gasteiger partial charge < -0.3 is 10.1 Å². The first kappa shape index (κ1) is 13.9. The van der Waals surface area contributed by atoms with Gasteiger partial charge in [0.15, 0.2) is 17.4 Å². The molecule has 0 aliphatic rings. The molecule has 0 spiro atoms. The van der Waals surface area contributed by atoms with Crippen molar-refractivity contribution in [2.75, 3.05) is 13.7 Å². The van der Waals surface area contributed by atoms with Crippen molar-refractivity contribution >= 4 is 0 Å². The molecule has 0 saturated carbocycles. The smallest absolute Gasteiger partial charge is 0.190 e. The van der Waals surface area contributed by atoms with Gasteiger partial charge in [-0.1, -0.05) is 26.8 Å². The molecule has 1 rings (SSSR count). The maximum absolute atomic E-state index is 13.3. The molecule has 1 N–H and O–H groups in total. The standard InChI is InChI=1S/C13H19F2NO/c1-13(2,3)11(16-4)8-17-12-9(14)6-5-7-10(12)15/h5-7,11,16H,8H2,1-4H3. The van der Waals surface area contributed by atoms with Crippen LogP contribution >= 0.6 is 0 Å². The average molecular weight is 243 g/mol. The number of nitrogens with one attached hydrogen (secondary N) is 1. The Morgan fingerprint density at radius 1 is 1.24 bits per heavy atom. The van der Waals surface area contributed by atoms with Crippen molar-refractivity contribution in [1.82, 2.24) is 5.32 Å². The lowest BCUT2D eigenvalue weighted by Gasteiger charge is -2.30. The van der Waals surface area contributed by atoms with Crippen molar-refractivity contribution < 1.29 is 13.5 Å². The minimum Gasteiger partial charge on any atom is -0.486 e. The first-order chi connectivity index (χ1) is 7.86. The number of hydrogen-bond acceptors (Lipinski definition) is 2. The normalized spacial score (nSPS) is 13.5. The summed E-state index contributed by atoms with van der Waals surface area (Å²) in [7, 11) is 1.80. The van der Waals surface area contributed by atoms with Gasteiger partial charge in [0.2, 0.25) is 0 Å². The predicted molar refractivity (Wildman–Crippen MR) is 64.2 cm³/mol. The van der Waals surface area contributed by atoms with Crippen LogP contribution in [0, 0.1) is 17.0 Å². The van der Waals surface area contributed by atoms with Crippen molar-refractivity contribution in [2.45, 2.75) is 26.8 Å². The maximum Gasteiger partial charge on any atom is 0.190 e. The van der Waals surface area contributed by atoms with Crippen LogP contribution in [-0.4, -0.2) is 19.7 Å². The van der Waals surface area contributed by atoms with E-state index in [4.69, 9.17) is 4.74 Å². The number of benzene rings is 1. The van der Waals surface area contributed by atoms with E-state index in [2.05, 4.69) is 5.32 Å². The van der Waals surface area contributed by atoms with Gasteiger partial charge in [-0.3, -0.25) is 0 Å². The Labute approximate surface area is 101 Å². The van der Waals surface area contributed by atoms with E-state index in [1.165, 1.54) is 18.2 Å². The lowest BCUT2D eigenvalue weighted by Crippen LogP contribution is -2.42. The number of ether oxygens (including phenoxy) is 1. The third-order valence-electron chi connectivity index (χ3n) is 2.71. The van der Waals surface area contributed by atoms with E-state index in [9.17, 15) is 8.78 Å². The minimum atomic E-state index is -0.672. The van der Waals surface area contributed by atoms with Gasteiger partial charge in [-0.25, -0.2) is 8.78 Å². The van der Waals surface area contributed by atoms with Crippen LogP contribution in [0.15, 0.2) is 18.2 Å². The summed E-state index contributed by atoms with van der Waals surface area (Å²) in [6.45, 7) is 6.33. The highest BCUT2D eigenvalue weighted by molar-refractivity contribution is 5.26. The first-order valence-electron chi connectivity index (χ1n) is 5.60. The molecule has 96 valence electrons. The Bertz CT molecular complexity index is 354. The zero-order chi connectivity index (χ0) is 13.1. The van der Waals surface area contributed by atoms with Crippen molar-refractivity contribution in [2.24, 2.45) is 5.41 Å². The van der Waals surface area contributed by atoms with Crippen LogP contribution in [0.4, 0.5) is 8.78 Å². The quantitative estimate of drug-likeness (QED) is 0.877. The molecule has 0 bridgehead atoms. The van der Waals surface area contributed by atoms with Crippen LogP contribution in [-0.2, 0) is 0 Å². The molecule has 0 amide bonds. The summed E-state index contributed by atoms with van der Waals surface area (Å²) in [5.74, 6) is -1.65. The topological polar surface area (TPSA) is 21.3 Å². The van der Waals surface area contributed by atoms with Gasteiger partial charge in [-0.2, -0.15) is 0 Å². The minimum absolute atomic E-state index is 0.0153. The number of likely N-dealkylation sites (N-methyl/N-ethyl adjacent to an activating group) is 1. The summed E-state index contributed by atoms with van der Waals surface area (Å²) >= 11 is 0. The van der Waals surface area contributed by atoms with Crippen molar-refractivity contribution in [3.05, 3.63) is 29.8 Å². The van der Waals surface area contributed by atoms with E-state index < -0.39 is 11.6 Å². The Hall–Kier alpha value is -1.16. The molecule has 0 saturated heterocycles. The van der Waals surface area contributed by atoms with Crippen molar-refractivity contribution in [1.29, 1.82) is 0 Å². The third kappa shape index (κ3) is 3.66. The Kier molecular flexibility index (Phi) is 4.46. The van der Waals surface area contributed by atoms with Crippen LogP contribution < -0.4 is 10.1 Å². The van der Waals surface area contributed by atoms with Gasteiger partial charge in [0.05, 0.1) is 0 Å². The number of halogens is 2. The lowest BCUT2D eigenvalue weighted by atomic mass is 9.87. The monoisotopic (exact) mass is 243 g/mol. The largest absolute Gasteiger partial charge is 0.486 e. The lowest BCUT2D eigenvalue weighted by molar-refractivity contribution is 0.172. The molecule has 17 heavy (non-hydrogen) atoms. The van der Waals surface area contributed by atoms with Gasteiger partial charge in [0.1, 0.15) is 6.61 Å². The second-order valence-electron chi connectivity index (χ2n) is 5.07. The van der Waals surface area contributed by atoms with E-state index in [1.54, 1.807) is 7.05 Å². The molecule has 0 aliphatic heterocycles. The summed E-state index contributed by atoms with van der Waals surface area (Å²) in [5.41, 5.74) is -0.0452. The molecule has 1 aromatic carbocycles. The molecule has 0 aromatic heterocycles. The molecule has 1 unspecified atom stereocenters. The molecular formula is C13H19F2NO. The molecule has 0 radical (unpaired) electrons. The molecule has 4 heteroatoms. The zero-order valence-electron chi connectivity index (χ0n) is 10.7. The molecule has 0 aliphatic carbocycles. The Balaban J connectivity index is 2.73. The van der Waals surface area contributed by atoms with Gasteiger partial charge in [0, 0.05) is 6.04 Å². The Morgan fingerprint density at radius 3 is 2.18 bits per heavy atom. The molecule has 1 atom stereocenters. The molecule has 1 aromatic rings. The molecule has 2 nitrogen and oxygen atoms in total. The number of hydrogen-bond donors (Lipinski definition) is 1. The van der Waals surface area contributed by atoms with Gasteiger partial charge >= 0.3 is 0 Å². The highest BCUT2D eigenvalue weighted by Gasteiger charge is 2.24. The van der Waals surface area contributed by atoms with Crippen LogP contribution in [0.2, 0.25) is 0 Å². The second kappa shape index (κ2) is 5.45. The van der Waals surface area contributed by atoms with Crippen LogP contribution in [0.3, 0.4) is 0 Å². The highest BCUT2D eigenvalue weighted by Crippen LogP contribution is 2.24. The molecular weight excluding hydrogens is 224 g/mol. The summed E-state index contributed by atoms with van der Waals surface area (Å²) in [5, 5.41) is 3.08. The van der Waals surface area contributed by atoms with Gasteiger partial charge in [0.25, 0.3) is 0 Å². The fraction of sp³-hybridized carbons (Fsp3) is 0.538. The van der Waals surface area contributed by atoms with E-state index in [-0.39, 0.29) is 23.8 Å². The first-order valence-corrected chi connectivity index (χ1v) is 5.60. The highest BCUT2D eigenvalue weighted by atomic mass is 19.1. The summed E-state index contributed by atoms with van der Waals surface area (Å²) in [6.07, 6.45) is 0. The Morgan fingerprint density at radius 2 is 1.76 bits per heavy atom. The number of para-hydroxylation sites is 1. The van der Waals surface area contributed by atoms with E-state index in [0.29, 0.717) is 0 Å². The van der Waals surface area contributed by atoms with E-state index in [1.807, 2.05) is 20.8 Å². The van der Waals surface area contributed by atoms with Crippen molar-refractivity contribution in [3.63, 3.8) is 0 Å². The predicted octanol–water partition coefficient (Wildman–Crippen LogP) is 2.98. The van der Waals surface area contributed by atoms with E-state index >= 15 is 0 Å². The van der Waals surface area contributed by atoms with E-state index in [0.717, 1.165) is 0 Å². The fourth-order valence-electron chi connectivity index (χ4n) is 1.55. The SMILES string of the molecule is CNC(COc1c(F)cccc1F)C(C)(C)C. The fourth-order valence-corrected chi connectivity index (χ4v) is 1.55. The van der Waals surface area contributed by atoms with Crippen molar-refractivity contribution in [3.8, 4) is 5.75 Å². The maximum atomic E-state index is 13.3. The summed E-state index contributed by atoms with van der Waals surface area (Å²) in [6, 6.07) is 3.70. The number of rotatable bonds is 4. The summed E-state index contributed by atoms with van der Waals surface area (Å²) in [4.78, 5) is 0. The second-order valence-corrected chi connectivity index (χ2v) is 5.07. The average Bonchev–Trinajstić information content (AvgIpc) is 2.20. The van der Waals surface area contributed by atoms with Crippen LogP contribution in [0.5, 0.6) is 5.75 Å². The zero-order valence-corrected chi connectivity index (χ0v) is 10.7. The third-order valence-corrected chi connectivity index (χ3v) is 2.71. The summed E-state index contributed by atoms with van der Waals surface area (Å²) < 4.78 is 31.9.